The predicted octanol–water partition coefficient (Wildman–Crippen LogP) is 1.66. The van der Waals surface area contributed by atoms with Gasteiger partial charge >= 0.3 is 0 Å². The van der Waals surface area contributed by atoms with Crippen molar-refractivity contribution >= 4 is 21.6 Å². The maximum Gasteiger partial charge on any atom is 0.246 e. The van der Waals surface area contributed by atoms with Crippen molar-refractivity contribution in [1.29, 1.82) is 0 Å². The number of sulfonamides is 1. The number of hydrogen-bond donors (Lipinski definition) is 1. The van der Waals surface area contributed by atoms with Gasteiger partial charge in [-0.05, 0) is 25.3 Å². The van der Waals surface area contributed by atoms with Gasteiger partial charge in [0, 0.05) is 31.6 Å². The molecular formula is C12H17ClN2O3S. The second kappa shape index (κ2) is 6.17. The van der Waals surface area contributed by atoms with E-state index in [1.54, 1.807) is 0 Å². The maximum atomic E-state index is 12.6. The summed E-state index contributed by atoms with van der Waals surface area (Å²) in [6.45, 7) is 0.286. The monoisotopic (exact) mass is 304 g/mol. The zero-order valence-electron chi connectivity index (χ0n) is 10.5. The fourth-order valence-corrected chi connectivity index (χ4v) is 4.21. The zero-order valence-corrected chi connectivity index (χ0v) is 12.1. The highest BCUT2D eigenvalue weighted by Crippen LogP contribution is 2.32. The lowest BCUT2D eigenvalue weighted by Crippen LogP contribution is -2.44. The van der Waals surface area contributed by atoms with Crippen LogP contribution in [-0.2, 0) is 10.0 Å². The standard InChI is InChI=1S/C12H17ClN2O3S/c13-11-5-6-14-9-12(11)19(17,18)15(7-2-8-16)10-3-1-4-10/h5-6,9-10,16H,1-4,7-8H2. The molecule has 1 aliphatic rings. The van der Waals surface area contributed by atoms with Crippen LogP contribution in [0.4, 0.5) is 0 Å². The molecule has 1 saturated carbocycles. The maximum absolute atomic E-state index is 12.6. The molecule has 1 aliphatic carbocycles. The highest BCUT2D eigenvalue weighted by atomic mass is 35.5. The molecule has 7 heteroatoms. The van der Waals surface area contributed by atoms with Gasteiger partial charge in [-0.3, -0.25) is 4.98 Å². The lowest BCUT2D eigenvalue weighted by molar-refractivity contribution is 0.198. The van der Waals surface area contributed by atoms with E-state index in [9.17, 15) is 8.42 Å². The third-order valence-electron chi connectivity index (χ3n) is 3.34. The van der Waals surface area contributed by atoms with E-state index in [0.29, 0.717) is 13.0 Å². The number of aromatic nitrogens is 1. The van der Waals surface area contributed by atoms with Crippen LogP contribution in [0.25, 0.3) is 0 Å². The van der Waals surface area contributed by atoms with Crippen molar-refractivity contribution in [1.82, 2.24) is 9.29 Å². The Morgan fingerprint density at radius 2 is 2.21 bits per heavy atom. The van der Waals surface area contributed by atoms with E-state index in [-0.39, 0.29) is 22.6 Å². The van der Waals surface area contributed by atoms with Gasteiger partial charge in [0.05, 0.1) is 5.02 Å². The lowest BCUT2D eigenvalue weighted by Gasteiger charge is -2.36. The van der Waals surface area contributed by atoms with Gasteiger partial charge in [0.25, 0.3) is 0 Å². The van der Waals surface area contributed by atoms with Gasteiger partial charge in [-0.15, -0.1) is 0 Å². The number of nitrogens with zero attached hydrogens (tertiary/aromatic N) is 2. The Balaban J connectivity index is 2.31. The topological polar surface area (TPSA) is 70.5 Å². The van der Waals surface area contributed by atoms with Crippen LogP contribution in [0.15, 0.2) is 23.4 Å². The molecule has 0 aromatic carbocycles. The van der Waals surface area contributed by atoms with Crippen LogP contribution < -0.4 is 0 Å². The van der Waals surface area contributed by atoms with Crippen molar-refractivity contribution in [3.63, 3.8) is 0 Å². The van der Waals surface area contributed by atoms with Crippen molar-refractivity contribution in [2.24, 2.45) is 0 Å². The minimum Gasteiger partial charge on any atom is -0.396 e. The Morgan fingerprint density at radius 3 is 2.74 bits per heavy atom. The Kier molecular flexibility index (Phi) is 4.78. The van der Waals surface area contributed by atoms with Crippen LogP contribution >= 0.6 is 11.6 Å². The van der Waals surface area contributed by atoms with Crippen molar-refractivity contribution in [3.8, 4) is 0 Å². The van der Waals surface area contributed by atoms with Gasteiger partial charge in [-0.2, -0.15) is 4.31 Å². The van der Waals surface area contributed by atoms with Crippen molar-refractivity contribution in [3.05, 3.63) is 23.5 Å². The second-order valence-electron chi connectivity index (χ2n) is 4.58. The first-order valence-electron chi connectivity index (χ1n) is 6.29. The average Bonchev–Trinajstić information content (AvgIpc) is 2.32. The number of rotatable bonds is 6. The third-order valence-corrected chi connectivity index (χ3v) is 5.76. The van der Waals surface area contributed by atoms with E-state index in [2.05, 4.69) is 4.98 Å². The Labute approximate surface area is 118 Å². The summed E-state index contributed by atoms with van der Waals surface area (Å²) in [6.07, 6.45) is 5.93. The molecule has 0 aliphatic heterocycles. The number of pyridine rings is 1. The summed E-state index contributed by atoms with van der Waals surface area (Å²) in [7, 11) is -3.64. The van der Waals surface area contributed by atoms with Gasteiger partial charge in [-0.25, -0.2) is 8.42 Å². The number of hydrogen-bond acceptors (Lipinski definition) is 4. The van der Waals surface area contributed by atoms with Crippen LogP contribution in [-0.4, -0.2) is 42.0 Å². The number of aliphatic hydroxyl groups excluding tert-OH is 1. The minimum absolute atomic E-state index is 0.0211. The highest BCUT2D eigenvalue weighted by Gasteiger charge is 2.35. The van der Waals surface area contributed by atoms with Gasteiger partial charge in [0.2, 0.25) is 10.0 Å². The molecule has 1 aromatic heterocycles. The molecule has 0 saturated heterocycles. The summed E-state index contributed by atoms with van der Waals surface area (Å²) in [5.41, 5.74) is 0. The molecule has 0 spiro atoms. The summed E-state index contributed by atoms with van der Waals surface area (Å²) >= 11 is 5.96. The fourth-order valence-electron chi connectivity index (χ4n) is 2.08. The molecular weight excluding hydrogens is 288 g/mol. The van der Waals surface area contributed by atoms with Crippen LogP contribution in [0.5, 0.6) is 0 Å². The molecule has 1 N–H and O–H groups in total. The first-order valence-corrected chi connectivity index (χ1v) is 8.11. The van der Waals surface area contributed by atoms with Crippen LogP contribution in [0, 0.1) is 0 Å². The fraction of sp³-hybridized carbons (Fsp3) is 0.583. The molecule has 0 unspecified atom stereocenters. The SMILES string of the molecule is O=S(=O)(c1cnccc1Cl)N(CCCO)C1CCC1. The molecule has 19 heavy (non-hydrogen) atoms. The van der Waals surface area contributed by atoms with Crippen molar-refractivity contribution < 1.29 is 13.5 Å². The van der Waals surface area contributed by atoms with Gasteiger partial charge in [0.1, 0.15) is 4.90 Å². The van der Waals surface area contributed by atoms with E-state index in [4.69, 9.17) is 16.7 Å². The van der Waals surface area contributed by atoms with E-state index >= 15 is 0 Å². The molecule has 5 nitrogen and oxygen atoms in total. The summed E-state index contributed by atoms with van der Waals surface area (Å²) in [5.74, 6) is 0. The van der Waals surface area contributed by atoms with Gasteiger partial charge in [-0.1, -0.05) is 18.0 Å². The first-order chi connectivity index (χ1) is 9.07. The first kappa shape index (κ1) is 14.7. The second-order valence-corrected chi connectivity index (χ2v) is 6.85. The Bertz CT molecular complexity index is 532. The van der Waals surface area contributed by atoms with Crippen LogP contribution in [0.2, 0.25) is 5.02 Å². The van der Waals surface area contributed by atoms with E-state index < -0.39 is 10.0 Å². The molecule has 106 valence electrons. The number of aliphatic hydroxyl groups is 1. The molecule has 1 fully saturated rings. The van der Waals surface area contributed by atoms with Crippen LogP contribution in [0.3, 0.4) is 0 Å². The normalized spacial score (nSPS) is 16.6. The third kappa shape index (κ3) is 3.08. The molecule has 1 aromatic rings. The van der Waals surface area contributed by atoms with E-state index in [0.717, 1.165) is 19.3 Å². The molecule has 0 amide bonds. The van der Waals surface area contributed by atoms with E-state index in [1.807, 2.05) is 0 Å². The average molecular weight is 305 g/mol. The predicted molar refractivity (Wildman–Crippen MR) is 72.5 cm³/mol. The summed E-state index contributed by atoms with van der Waals surface area (Å²) in [5, 5.41) is 9.10. The molecule has 2 rings (SSSR count). The largest absolute Gasteiger partial charge is 0.396 e. The zero-order chi connectivity index (χ0) is 13.9. The summed E-state index contributed by atoms with van der Waals surface area (Å²) < 4.78 is 26.7. The van der Waals surface area contributed by atoms with Gasteiger partial charge in [0.15, 0.2) is 0 Å². The molecule has 0 bridgehead atoms. The lowest BCUT2D eigenvalue weighted by atomic mass is 9.93. The summed E-state index contributed by atoms with van der Waals surface area (Å²) in [6, 6.07) is 1.49. The number of halogens is 1. The van der Waals surface area contributed by atoms with E-state index in [1.165, 1.54) is 22.8 Å². The smallest absolute Gasteiger partial charge is 0.246 e. The minimum atomic E-state index is -3.64. The molecule has 1 heterocycles. The van der Waals surface area contributed by atoms with Gasteiger partial charge < -0.3 is 5.11 Å². The summed E-state index contributed by atoms with van der Waals surface area (Å²) in [4.78, 5) is 3.88. The molecule has 0 radical (unpaired) electrons. The van der Waals surface area contributed by atoms with Crippen molar-refractivity contribution in [2.45, 2.75) is 36.6 Å². The Morgan fingerprint density at radius 1 is 1.47 bits per heavy atom. The Hall–Kier alpha value is -0.690. The molecule has 0 atom stereocenters. The van der Waals surface area contributed by atoms with Crippen molar-refractivity contribution in [2.75, 3.05) is 13.2 Å². The van der Waals surface area contributed by atoms with Crippen LogP contribution in [0.1, 0.15) is 25.7 Å². The highest BCUT2D eigenvalue weighted by molar-refractivity contribution is 7.89. The quantitative estimate of drug-likeness (QED) is 0.867.